The number of hydrogen-bond acceptors (Lipinski definition) is 6. The van der Waals surface area contributed by atoms with E-state index in [-0.39, 0.29) is 42.2 Å². The number of carbonyl (C=O) groups is 1. The van der Waals surface area contributed by atoms with Crippen LogP contribution < -0.4 is 10.1 Å². The number of hydrogen-bond donors (Lipinski definition) is 1. The highest BCUT2D eigenvalue weighted by atomic mass is 35.5. The number of amides is 1. The van der Waals surface area contributed by atoms with Crippen molar-refractivity contribution in [3.05, 3.63) is 23.2 Å². The number of nitrogens with zero attached hydrogens (tertiary/aromatic N) is 2. The first-order valence-corrected chi connectivity index (χ1v) is 11.7. The van der Waals surface area contributed by atoms with E-state index < -0.39 is 10.0 Å². The number of nitrogens with one attached hydrogen (secondary N) is 1. The normalized spacial score (nSPS) is 20.2. The van der Waals surface area contributed by atoms with Crippen LogP contribution in [-0.4, -0.2) is 82.6 Å². The molecule has 1 amide bonds. The van der Waals surface area contributed by atoms with E-state index in [9.17, 15) is 13.2 Å². The second-order valence-corrected chi connectivity index (χ2v) is 9.52. The molecule has 2 heterocycles. The van der Waals surface area contributed by atoms with Crippen LogP contribution in [0.4, 0.5) is 0 Å². The van der Waals surface area contributed by atoms with E-state index in [4.69, 9.17) is 21.1 Å². The Balaban J connectivity index is 1.80. The van der Waals surface area contributed by atoms with Crippen LogP contribution in [0.3, 0.4) is 0 Å². The van der Waals surface area contributed by atoms with Crippen LogP contribution in [0.2, 0.25) is 5.02 Å². The molecular formula is C19H28ClN3O5S. The van der Waals surface area contributed by atoms with Gasteiger partial charge >= 0.3 is 0 Å². The molecule has 1 unspecified atom stereocenters. The van der Waals surface area contributed by atoms with Gasteiger partial charge in [0.1, 0.15) is 10.6 Å². The first kappa shape index (κ1) is 22.3. The Kier molecular flexibility index (Phi) is 7.75. The van der Waals surface area contributed by atoms with Gasteiger partial charge in [-0.25, -0.2) is 8.42 Å². The lowest BCUT2D eigenvalue weighted by Crippen LogP contribution is -2.47. The molecule has 1 aromatic carbocycles. The summed E-state index contributed by atoms with van der Waals surface area (Å²) in [4.78, 5) is 14.4. The maximum absolute atomic E-state index is 13.4. The molecule has 0 radical (unpaired) electrons. The van der Waals surface area contributed by atoms with Gasteiger partial charge < -0.3 is 19.7 Å². The van der Waals surface area contributed by atoms with Crippen molar-refractivity contribution in [1.29, 1.82) is 0 Å². The molecule has 3 rings (SSSR count). The summed E-state index contributed by atoms with van der Waals surface area (Å²) in [7, 11) is -2.50. The van der Waals surface area contributed by atoms with Crippen molar-refractivity contribution in [1.82, 2.24) is 14.5 Å². The summed E-state index contributed by atoms with van der Waals surface area (Å²) in [6.45, 7) is 3.69. The van der Waals surface area contributed by atoms with E-state index in [1.54, 1.807) is 11.0 Å². The summed E-state index contributed by atoms with van der Waals surface area (Å²) in [5.74, 6) is 0.178. The molecule has 2 aliphatic rings. The fraction of sp³-hybridized carbons (Fsp3) is 0.632. The van der Waals surface area contributed by atoms with Crippen molar-refractivity contribution >= 4 is 27.5 Å². The first-order valence-electron chi connectivity index (χ1n) is 9.85. The molecule has 2 fully saturated rings. The molecule has 0 aliphatic carbocycles. The zero-order valence-corrected chi connectivity index (χ0v) is 18.2. The third-order valence-corrected chi connectivity index (χ3v) is 7.34. The number of rotatable bonds is 8. The topological polar surface area (TPSA) is 88.2 Å². The third-order valence-electron chi connectivity index (χ3n) is 5.22. The number of methoxy groups -OCH3 is 1. The highest BCUT2D eigenvalue weighted by Crippen LogP contribution is 2.30. The van der Waals surface area contributed by atoms with Gasteiger partial charge in [-0.1, -0.05) is 11.6 Å². The third kappa shape index (κ3) is 5.61. The van der Waals surface area contributed by atoms with E-state index in [1.165, 1.54) is 23.5 Å². The van der Waals surface area contributed by atoms with E-state index in [0.29, 0.717) is 24.7 Å². The quantitative estimate of drug-likeness (QED) is 0.649. The van der Waals surface area contributed by atoms with Crippen molar-refractivity contribution < 1.29 is 22.7 Å². The Labute approximate surface area is 177 Å². The van der Waals surface area contributed by atoms with Crippen molar-refractivity contribution in [2.75, 3.05) is 53.0 Å². The second kappa shape index (κ2) is 10.1. The van der Waals surface area contributed by atoms with Crippen molar-refractivity contribution in [2.45, 2.75) is 30.3 Å². The fourth-order valence-electron chi connectivity index (χ4n) is 3.61. The molecule has 1 N–H and O–H groups in total. The molecular weight excluding hydrogens is 418 g/mol. The molecule has 2 aliphatic heterocycles. The summed E-state index contributed by atoms with van der Waals surface area (Å²) in [5, 5.41) is 3.51. The Hall–Kier alpha value is -1.39. The molecule has 162 valence electrons. The van der Waals surface area contributed by atoms with Gasteiger partial charge in [-0.2, -0.15) is 4.31 Å². The van der Waals surface area contributed by atoms with Crippen molar-refractivity contribution in [2.24, 2.45) is 0 Å². The van der Waals surface area contributed by atoms with Gasteiger partial charge in [-0.05, 0) is 31.0 Å². The zero-order chi connectivity index (χ0) is 20.9. The molecule has 1 atom stereocenters. The predicted molar refractivity (Wildman–Crippen MR) is 110 cm³/mol. The second-order valence-electron chi connectivity index (χ2n) is 7.17. The largest absolute Gasteiger partial charge is 0.495 e. The molecule has 0 bridgehead atoms. The first-order chi connectivity index (χ1) is 13.9. The average Bonchev–Trinajstić information content (AvgIpc) is 3.24. The van der Waals surface area contributed by atoms with Crippen LogP contribution in [0.5, 0.6) is 5.75 Å². The maximum atomic E-state index is 13.4. The fourth-order valence-corrected chi connectivity index (χ4v) is 5.50. The maximum Gasteiger partial charge on any atom is 0.246 e. The van der Waals surface area contributed by atoms with Gasteiger partial charge in [0.15, 0.2) is 0 Å². The Morgan fingerprint density at radius 2 is 2.14 bits per heavy atom. The molecule has 2 saturated heterocycles. The smallest absolute Gasteiger partial charge is 0.246 e. The molecule has 10 heteroatoms. The Morgan fingerprint density at radius 1 is 1.38 bits per heavy atom. The van der Waals surface area contributed by atoms with E-state index in [1.807, 2.05) is 0 Å². The highest BCUT2D eigenvalue weighted by molar-refractivity contribution is 7.89. The lowest BCUT2D eigenvalue weighted by molar-refractivity contribution is -0.131. The molecule has 8 nitrogen and oxygen atoms in total. The lowest BCUT2D eigenvalue weighted by Gasteiger charge is -2.29. The van der Waals surface area contributed by atoms with E-state index in [0.717, 1.165) is 25.9 Å². The molecule has 29 heavy (non-hydrogen) atoms. The predicted octanol–water partition coefficient (Wildman–Crippen LogP) is 1.34. The summed E-state index contributed by atoms with van der Waals surface area (Å²) in [6, 6.07) is 4.50. The molecule has 0 saturated carbocycles. The zero-order valence-electron chi connectivity index (χ0n) is 16.6. The minimum absolute atomic E-state index is 0.000110. The van der Waals surface area contributed by atoms with Crippen LogP contribution in [0.25, 0.3) is 0 Å². The van der Waals surface area contributed by atoms with E-state index in [2.05, 4.69) is 5.32 Å². The number of ether oxygens (including phenoxy) is 2. The van der Waals surface area contributed by atoms with Gasteiger partial charge in [0, 0.05) is 57.3 Å². The van der Waals surface area contributed by atoms with Gasteiger partial charge in [0.2, 0.25) is 15.9 Å². The van der Waals surface area contributed by atoms with Gasteiger partial charge in [-0.15, -0.1) is 0 Å². The minimum atomic E-state index is -3.92. The Morgan fingerprint density at radius 3 is 2.79 bits per heavy atom. The van der Waals surface area contributed by atoms with Gasteiger partial charge in [0.05, 0.1) is 13.2 Å². The van der Waals surface area contributed by atoms with E-state index >= 15 is 0 Å². The highest BCUT2D eigenvalue weighted by Gasteiger charge is 2.32. The summed E-state index contributed by atoms with van der Waals surface area (Å²) in [6.07, 6.45) is 1.64. The van der Waals surface area contributed by atoms with Crippen LogP contribution in [0.15, 0.2) is 23.1 Å². The molecule has 0 aromatic heterocycles. The molecule has 0 spiro atoms. The number of halogens is 1. The number of benzene rings is 1. The van der Waals surface area contributed by atoms with Crippen LogP contribution in [-0.2, 0) is 19.6 Å². The number of piperazine rings is 1. The van der Waals surface area contributed by atoms with Gasteiger partial charge in [-0.3, -0.25) is 4.79 Å². The average molecular weight is 446 g/mol. The molecule has 1 aromatic rings. The summed E-state index contributed by atoms with van der Waals surface area (Å²) >= 11 is 6.05. The SMILES string of the molecule is COc1ccc(Cl)cc1S(=O)(=O)N(CCC(=O)N1CCNCC1)CC1CCCO1. The standard InChI is InChI=1S/C19H28ClN3O5S/c1-27-17-5-4-15(20)13-18(17)29(25,26)23(14-16-3-2-12-28-16)9-6-19(24)22-10-7-21-8-11-22/h4-5,13,16,21H,2-3,6-12,14H2,1H3. The summed E-state index contributed by atoms with van der Waals surface area (Å²) in [5.41, 5.74) is 0. The van der Waals surface area contributed by atoms with Crippen LogP contribution >= 0.6 is 11.6 Å². The summed E-state index contributed by atoms with van der Waals surface area (Å²) < 4.78 is 39.1. The van der Waals surface area contributed by atoms with Crippen molar-refractivity contribution in [3.63, 3.8) is 0 Å². The number of sulfonamides is 1. The number of carbonyl (C=O) groups excluding carboxylic acids is 1. The Bertz CT molecular complexity index is 808. The van der Waals surface area contributed by atoms with Crippen LogP contribution in [0, 0.1) is 0 Å². The minimum Gasteiger partial charge on any atom is -0.495 e. The lowest BCUT2D eigenvalue weighted by atomic mass is 10.2. The van der Waals surface area contributed by atoms with Crippen molar-refractivity contribution in [3.8, 4) is 5.75 Å². The monoisotopic (exact) mass is 445 g/mol. The van der Waals surface area contributed by atoms with Crippen LogP contribution in [0.1, 0.15) is 19.3 Å². The van der Waals surface area contributed by atoms with Gasteiger partial charge in [0.25, 0.3) is 0 Å².